The Balaban J connectivity index is 3.57. The molecular weight excluding hydrogens is 297 g/mol. The van der Waals surface area contributed by atoms with Crippen molar-refractivity contribution in [2.24, 2.45) is 0 Å². The van der Waals surface area contributed by atoms with Gasteiger partial charge in [-0.05, 0) is 18.2 Å². The van der Waals surface area contributed by atoms with Crippen LogP contribution in [0.1, 0.15) is 10.4 Å². The van der Waals surface area contributed by atoms with Crippen LogP contribution in [-0.4, -0.2) is 27.0 Å². The van der Waals surface area contributed by atoms with Gasteiger partial charge >= 0.3 is 11.5 Å². The van der Waals surface area contributed by atoms with Gasteiger partial charge in [0.2, 0.25) is 0 Å². The van der Waals surface area contributed by atoms with Crippen molar-refractivity contribution in [2.45, 2.75) is 10.4 Å². The average molecular weight is 303 g/mol. The van der Waals surface area contributed by atoms with Gasteiger partial charge in [0.05, 0.1) is 17.6 Å². The number of carbonyl (C=O) groups is 1. The van der Waals surface area contributed by atoms with Gasteiger partial charge < -0.3 is 4.74 Å². The zero-order valence-corrected chi connectivity index (χ0v) is 10.4. The van der Waals surface area contributed by atoms with E-state index in [0.717, 1.165) is 19.2 Å². The van der Waals surface area contributed by atoms with Crippen LogP contribution in [0, 0.1) is 0 Å². The molecule has 18 heavy (non-hydrogen) atoms. The summed E-state index contributed by atoms with van der Waals surface area (Å²) in [5.41, 5.74) is -6.27. The number of ether oxygens (including phenoxy) is 1. The van der Waals surface area contributed by atoms with Crippen molar-refractivity contribution >= 4 is 27.4 Å². The fraction of sp³-hybridized carbons (Fsp3) is 0.222. The number of methoxy groups -OCH3 is 1. The van der Waals surface area contributed by atoms with Crippen LogP contribution in [-0.2, 0) is 14.6 Å². The molecule has 0 amide bonds. The molecule has 0 saturated carbocycles. The first kappa shape index (κ1) is 14.8. The van der Waals surface area contributed by atoms with Gasteiger partial charge in [0.25, 0.3) is 9.84 Å². The van der Waals surface area contributed by atoms with Gasteiger partial charge in [-0.15, -0.1) is 0 Å². The Kier molecular flexibility index (Phi) is 3.92. The van der Waals surface area contributed by atoms with E-state index in [1.54, 1.807) is 0 Å². The molecular formula is C9H6ClF3O4S. The lowest BCUT2D eigenvalue weighted by Crippen LogP contribution is -2.25. The molecule has 0 radical (unpaired) electrons. The Morgan fingerprint density at radius 1 is 1.33 bits per heavy atom. The molecule has 0 N–H and O–H groups in total. The molecule has 0 fully saturated rings. The van der Waals surface area contributed by atoms with Crippen molar-refractivity contribution in [1.82, 2.24) is 0 Å². The summed E-state index contributed by atoms with van der Waals surface area (Å²) in [6.07, 6.45) is 0. The van der Waals surface area contributed by atoms with E-state index in [4.69, 9.17) is 11.6 Å². The highest BCUT2D eigenvalue weighted by Gasteiger charge is 2.48. The zero-order valence-electron chi connectivity index (χ0n) is 8.79. The van der Waals surface area contributed by atoms with Crippen molar-refractivity contribution in [3.63, 3.8) is 0 Å². The van der Waals surface area contributed by atoms with E-state index >= 15 is 0 Å². The van der Waals surface area contributed by atoms with E-state index in [9.17, 15) is 26.4 Å². The lowest BCUT2D eigenvalue weighted by atomic mass is 10.2. The Morgan fingerprint density at radius 2 is 1.89 bits per heavy atom. The predicted octanol–water partition coefficient (Wildman–Crippen LogP) is 2.42. The van der Waals surface area contributed by atoms with Gasteiger partial charge in [0, 0.05) is 5.02 Å². The van der Waals surface area contributed by atoms with Crippen LogP contribution in [0.25, 0.3) is 0 Å². The van der Waals surface area contributed by atoms with Gasteiger partial charge in [-0.2, -0.15) is 13.2 Å². The summed E-state index contributed by atoms with van der Waals surface area (Å²) in [5.74, 6) is -1.22. The van der Waals surface area contributed by atoms with Crippen LogP contribution in [0.2, 0.25) is 5.02 Å². The number of rotatable bonds is 2. The summed E-state index contributed by atoms with van der Waals surface area (Å²) < 4.78 is 63.9. The molecule has 0 aliphatic rings. The second kappa shape index (κ2) is 4.77. The number of esters is 1. The number of alkyl halides is 3. The number of halogens is 4. The highest BCUT2D eigenvalue weighted by atomic mass is 35.5. The molecule has 1 rings (SSSR count). The molecule has 0 aromatic heterocycles. The van der Waals surface area contributed by atoms with Crippen LogP contribution in [0.15, 0.2) is 23.1 Å². The summed E-state index contributed by atoms with van der Waals surface area (Å²) in [6.45, 7) is 0. The molecule has 0 atom stereocenters. The largest absolute Gasteiger partial charge is 0.501 e. The topological polar surface area (TPSA) is 60.4 Å². The number of benzene rings is 1. The molecule has 0 bridgehead atoms. The molecule has 0 saturated heterocycles. The third-order valence-electron chi connectivity index (χ3n) is 1.94. The highest BCUT2D eigenvalue weighted by Crippen LogP contribution is 2.33. The normalized spacial score (nSPS) is 12.3. The number of carbonyl (C=O) groups excluding carboxylic acids is 1. The lowest BCUT2D eigenvalue weighted by molar-refractivity contribution is -0.0436. The minimum Gasteiger partial charge on any atom is -0.465 e. The molecule has 0 spiro atoms. The second-order valence-electron chi connectivity index (χ2n) is 3.08. The van der Waals surface area contributed by atoms with Crippen molar-refractivity contribution < 1.29 is 31.1 Å². The van der Waals surface area contributed by atoms with E-state index in [2.05, 4.69) is 4.74 Å². The smallest absolute Gasteiger partial charge is 0.465 e. The molecule has 1 aromatic carbocycles. The Bertz CT molecular complexity index is 580. The van der Waals surface area contributed by atoms with Gasteiger partial charge in [-0.25, -0.2) is 13.2 Å². The average Bonchev–Trinajstić information content (AvgIpc) is 2.26. The van der Waals surface area contributed by atoms with Gasteiger partial charge in [-0.1, -0.05) is 11.6 Å². The fourth-order valence-corrected chi connectivity index (χ4v) is 2.23. The van der Waals surface area contributed by atoms with E-state index < -0.39 is 31.8 Å². The number of hydrogen-bond donors (Lipinski definition) is 0. The predicted molar refractivity (Wildman–Crippen MR) is 56.0 cm³/mol. The van der Waals surface area contributed by atoms with Crippen molar-refractivity contribution in [3.8, 4) is 0 Å². The van der Waals surface area contributed by atoms with Crippen molar-refractivity contribution in [2.75, 3.05) is 7.11 Å². The van der Waals surface area contributed by atoms with E-state index in [-0.39, 0.29) is 5.02 Å². The fourth-order valence-electron chi connectivity index (χ4n) is 1.13. The standard InChI is InChI=1S/C9H6ClF3O4S/c1-17-8(14)6-4-5(10)2-3-7(6)18(15,16)9(11,12)13/h2-4H,1H3. The Labute approximate surface area is 105 Å². The van der Waals surface area contributed by atoms with Crippen LogP contribution in [0.5, 0.6) is 0 Å². The maximum Gasteiger partial charge on any atom is 0.501 e. The first-order chi connectivity index (χ1) is 8.11. The monoisotopic (exact) mass is 302 g/mol. The molecule has 1 aromatic rings. The molecule has 0 aliphatic carbocycles. The maximum atomic E-state index is 12.4. The summed E-state index contributed by atoms with van der Waals surface area (Å²) in [6, 6.07) is 2.34. The van der Waals surface area contributed by atoms with Crippen LogP contribution >= 0.6 is 11.6 Å². The quantitative estimate of drug-likeness (QED) is 0.787. The SMILES string of the molecule is COC(=O)c1cc(Cl)ccc1S(=O)(=O)C(F)(F)F. The maximum absolute atomic E-state index is 12.4. The van der Waals surface area contributed by atoms with E-state index in [0.29, 0.717) is 6.07 Å². The third kappa shape index (κ3) is 2.59. The van der Waals surface area contributed by atoms with Crippen LogP contribution in [0.3, 0.4) is 0 Å². The molecule has 0 heterocycles. The van der Waals surface area contributed by atoms with Gasteiger partial charge in [-0.3, -0.25) is 0 Å². The summed E-state index contributed by atoms with van der Waals surface area (Å²) in [7, 11) is -4.73. The highest BCUT2D eigenvalue weighted by molar-refractivity contribution is 7.92. The summed E-state index contributed by atoms with van der Waals surface area (Å²) >= 11 is 5.50. The molecule has 100 valence electrons. The molecule has 0 aliphatic heterocycles. The Morgan fingerprint density at radius 3 is 2.33 bits per heavy atom. The molecule has 0 unspecified atom stereocenters. The minimum absolute atomic E-state index is 0.0866. The van der Waals surface area contributed by atoms with Crippen molar-refractivity contribution in [3.05, 3.63) is 28.8 Å². The van der Waals surface area contributed by atoms with Gasteiger partial charge in [0.1, 0.15) is 0 Å². The number of sulfone groups is 1. The van der Waals surface area contributed by atoms with Crippen molar-refractivity contribution in [1.29, 1.82) is 0 Å². The van der Waals surface area contributed by atoms with Gasteiger partial charge in [0.15, 0.2) is 0 Å². The lowest BCUT2D eigenvalue weighted by Gasteiger charge is -2.11. The first-order valence-corrected chi connectivity index (χ1v) is 6.16. The minimum atomic E-state index is -5.64. The first-order valence-electron chi connectivity index (χ1n) is 4.30. The molecule has 9 heteroatoms. The summed E-state index contributed by atoms with van der Waals surface area (Å²) in [4.78, 5) is 10.1. The zero-order chi connectivity index (χ0) is 14.1. The number of hydrogen-bond acceptors (Lipinski definition) is 4. The van der Waals surface area contributed by atoms with E-state index in [1.807, 2.05) is 0 Å². The molecule has 4 nitrogen and oxygen atoms in total. The van der Waals surface area contributed by atoms with E-state index in [1.165, 1.54) is 0 Å². The third-order valence-corrected chi connectivity index (χ3v) is 3.72. The van der Waals surface area contributed by atoms with Crippen LogP contribution < -0.4 is 0 Å². The Hall–Kier alpha value is -1.28. The second-order valence-corrected chi connectivity index (χ2v) is 5.43. The van der Waals surface area contributed by atoms with Crippen LogP contribution in [0.4, 0.5) is 13.2 Å². The summed E-state index contributed by atoms with van der Waals surface area (Å²) in [5, 5.41) is -0.0866.